The maximum atomic E-state index is 12.4. The minimum absolute atomic E-state index is 0.0250. The number of anilines is 1. The van der Waals surface area contributed by atoms with E-state index >= 15 is 0 Å². The molecule has 1 atom stereocenters. The molecule has 1 fully saturated rings. The van der Waals surface area contributed by atoms with Gasteiger partial charge in [0.15, 0.2) is 0 Å². The van der Waals surface area contributed by atoms with Crippen molar-refractivity contribution in [3.8, 4) is 0 Å². The number of benzene rings is 1. The number of rotatable bonds is 5. The molecule has 3 rings (SSSR count). The molecule has 1 saturated heterocycles. The highest BCUT2D eigenvalue weighted by atomic mass is 16.4. The molecule has 10 nitrogen and oxygen atoms in total. The number of fused-ring (bicyclic) bond motifs is 1. The SMILES string of the molecule is CC(=O)N1CCN(C(=O)CC(N)C(=O)Nc2ccc3[nH]c(C(=O)O)cc3c2)CC1. The van der Waals surface area contributed by atoms with E-state index in [-0.39, 0.29) is 23.9 Å². The molecule has 2 aromatic rings. The average Bonchev–Trinajstić information content (AvgIpc) is 3.11. The maximum absolute atomic E-state index is 12.4. The van der Waals surface area contributed by atoms with Gasteiger partial charge in [-0.15, -0.1) is 0 Å². The van der Waals surface area contributed by atoms with E-state index in [9.17, 15) is 19.2 Å². The number of hydrogen-bond donors (Lipinski definition) is 4. The average molecular weight is 401 g/mol. The van der Waals surface area contributed by atoms with Gasteiger partial charge < -0.3 is 30.9 Å². The zero-order valence-electron chi connectivity index (χ0n) is 16.0. The molecule has 29 heavy (non-hydrogen) atoms. The minimum Gasteiger partial charge on any atom is -0.477 e. The third kappa shape index (κ3) is 4.72. The summed E-state index contributed by atoms with van der Waals surface area (Å²) in [6.45, 7) is 3.27. The summed E-state index contributed by atoms with van der Waals surface area (Å²) >= 11 is 0. The Labute approximate surface area is 166 Å². The third-order valence-corrected chi connectivity index (χ3v) is 4.93. The van der Waals surface area contributed by atoms with Crippen LogP contribution >= 0.6 is 0 Å². The quantitative estimate of drug-likeness (QED) is 0.563. The van der Waals surface area contributed by atoms with Gasteiger partial charge in [0.1, 0.15) is 5.69 Å². The molecule has 0 spiro atoms. The Morgan fingerprint density at radius 1 is 1.14 bits per heavy atom. The second kappa shape index (κ2) is 8.31. The fourth-order valence-electron chi connectivity index (χ4n) is 3.24. The predicted octanol–water partition coefficient (Wildman–Crippen LogP) is 0.213. The molecule has 1 aromatic heterocycles. The van der Waals surface area contributed by atoms with Crippen molar-refractivity contribution in [3.63, 3.8) is 0 Å². The van der Waals surface area contributed by atoms with Crippen molar-refractivity contribution in [2.45, 2.75) is 19.4 Å². The molecule has 0 saturated carbocycles. The second-order valence-electron chi connectivity index (χ2n) is 6.98. The van der Waals surface area contributed by atoms with Crippen molar-refractivity contribution in [2.24, 2.45) is 5.73 Å². The van der Waals surface area contributed by atoms with Crippen molar-refractivity contribution in [1.29, 1.82) is 0 Å². The predicted molar refractivity (Wildman–Crippen MR) is 105 cm³/mol. The number of nitrogens with one attached hydrogen (secondary N) is 2. The van der Waals surface area contributed by atoms with Crippen molar-refractivity contribution in [1.82, 2.24) is 14.8 Å². The Morgan fingerprint density at radius 2 is 1.79 bits per heavy atom. The number of carbonyl (C=O) groups is 4. The molecule has 0 aliphatic carbocycles. The van der Waals surface area contributed by atoms with Crippen molar-refractivity contribution >= 4 is 40.3 Å². The van der Waals surface area contributed by atoms with Gasteiger partial charge >= 0.3 is 5.97 Å². The number of amides is 3. The topological polar surface area (TPSA) is 149 Å². The van der Waals surface area contributed by atoms with Crippen LogP contribution in [0, 0.1) is 0 Å². The number of nitrogens with two attached hydrogens (primary N) is 1. The highest BCUT2D eigenvalue weighted by Gasteiger charge is 2.25. The molecule has 1 aliphatic rings. The second-order valence-corrected chi connectivity index (χ2v) is 6.98. The third-order valence-electron chi connectivity index (χ3n) is 4.93. The number of hydrogen-bond acceptors (Lipinski definition) is 5. The Bertz CT molecular complexity index is 961. The largest absolute Gasteiger partial charge is 0.477 e. The Balaban J connectivity index is 1.56. The van der Waals surface area contributed by atoms with Gasteiger partial charge in [0.2, 0.25) is 17.7 Å². The lowest BCUT2D eigenvalue weighted by Gasteiger charge is -2.34. The molecule has 0 bridgehead atoms. The van der Waals surface area contributed by atoms with E-state index < -0.39 is 17.9 Å². The molecule has 1 aliphatic heterocycles. The smallest absolute Gasteiger partial charge is 0.352 e. The monoisotopic (exact) mass is 401 g/mol. The van der Waals surface area contributed by atoms with Gasteiger partial charge in [0.05, 0.1) is 12.5 Å². The van der Waals surface area contributed by atoms with Crippen LogP contribution in [0.3, 0.4) is 0 Å². The summed E-state index contributed by atoms with van der Waals surface area (Å²) in [6.07, 6.45) is -0.137. The van der Waals surface area contributed by atoms with Gasteiger partial charge in [-0.3, -0.25) is 14.4 Å². The summed E-state index contributed by atoms with van der Waals surface area (Å²) in [4.78, 5) is 53.2. The molecular weight excluding hydrogens is 378 g/mol. The van der Waals surface area contributed by atoms with Crippen LogP contribution in [0.15, 0.2) is 24.3 Å². The van der Waals surface area contributed by atoms with Gasteiger partial charge in [0, 0.05) is 49.7 Å². The lowest BCUT2D eigenvalue weighted by Crippen LogP contribution is -2.51. The first-order valence-electron chi connectivity index (χ1n) is 9.20. The van der Waals surface area contributed by atoms with Crippen molar-refractivity contribution < 1.29 is 24.3 Å². The number of nitrogens with zero attached hydrogens (tertiary/aromatic N) is 2. The summed E-state index contributed by atoms with van der Waals surface area (Å²) < 4.78 is 0. The van der Waals surface area contributed by atoms with Crippen LogP contribution in [0.1, 0.15) is 23.8 Å². The van der Waals surface area contributed by atoms with Gasteiger partial charge in [-0.25, -0.2) is 4.79 Å². The molecule has 10 heteroatoms. The first kappa shape index (κ1) is 20.3. The number of carboxylic acid groups (broad SMARTS) is 1. The molecule has 5 N–H and O–H groups in total. The molecule has 2 heterocycles. The minimum atomic E-state index is -1.07. The van der Waals surface area contributed by atoms with Crippen LogP contribution in [0.4, 0.5) is 5.69 Å². The maximum Gasteiger partial charge on any atom is 0.352 e. The highest BCUT2D eigenvalue weighted by Crippen LogP contribution is 2.20. The number of H-pyrrole nitrogens is 1. The summed E-state index contributed by atoms with van der Waals surface area (Å²) in [5.74, 6) is -1.84. The number of aromatic nitrogens is 1. The van der Waals surface area contributed by atoms with Crippen LogP contribution in [0.5, 0.6) is 0 Å². The van der Waals surface area contributed by atoms with Gasteiger partial charge in [-0.2, -0.15) is 0 Å². The van der Waals surface area contributed by atoms with Crippen LogP contribution in [0.2, 0.25) is 0 Å². The van der Waals surface area contributed by atoms with E-state index in [2.05, 4.69) is 10.3 Å². The fraction of sp³-hybridized carbons (Fsp3) is 0.368. The van der Waals surface area contributed by atoms with Crippen molar-refractivity contribution in [2.75, 3.05) is 31.5 Å². The zero-order valence-corrected chi connectivity index (χ0v) is 16.0. The number of aromatic amines is 1. The van der Waals surface area contributed by atoms with Crippen LogP contribution in [-0.4, -0.2) is 75.8 Å². The van der Waals surface area contributed by atoms with E-state index in [0.29, 0.717) is 42.8 Å². The van der Waals surface area contributed by atoms with E-state index in [0.717, 1.165) is 0 Å². The summed E-state index contributed by atoms with van der Waals surface area (Å²) in [5.41, 5.74) is 7.03. The molecule has 154 valence electrons. The normalized spacial score (nSPS) is 15.2. The van der Waals surface area contributed by atoms with E-state index in [1.807, 2.05) is 0 Å². The zero-order chi connectivity index (χ0) is 21.1. The molecular formula is C19H23N5O5. The standard InChI is InChI=1S/C19H23N5O5/c1-11(25)23-4-6-24(7-5-23)17(26)10-14(20)18(27)21-13-2-3-15-12(8-13)9-16(22-15)19(28)29/h2-3,8-9,14,22H,4-7,10,20H2,1H3,(H,21,27)(H,28,29). The molecule has 1 aromatic carbocycles. The number of carbonyl (C=O) groups excluding carboxylic acids is 3. The lowest BCUT2D eigenvalue weighted by molar-refractivity contribution is -0.139. The van der Waals surface area contributed by atoms with Crippen LogP contribution < -0.4 is 11.1 Å². The Morgan fingerprint density at radius 3 is 2.41 bits per heavy atom. The van der Waals surface area contributed by atoms with Gasteiger partial charge in [0.25, 0.3) is 0 Å². The number of piperazine rings is 1. The number of carboxylic acids is 1. The molecule has 0 radical (unpaired) electrons. The van der Waals surface area contributed by atoms with E-state index in [4.69, 9.17) is 10.8 Å². The first-order chi connectivity index (χ1) is 13.7. The number of aromatic carboxylic acids is 1. The van der Waals surface area contributed by atoms with Crippen LogP contribution in [0.25, 0.3) is 10.9 Å². The Kier molecular flexibility index (Phi) is 5.83. The van der Waals surface area contributed by atoms with Gasteiger partial charge in [-0.05, 0) is 24.3 Å². The highest BCUT2D eigenvalue weighted by molar-refractivity contribution is 6.00. The Hall–Kier alpha value is -3.40. The molecule has 1 unspecified atom stereocenters. The van der Waals surface area contributed by atoms with Crippen molar-refractivity contribution in [3.05, 3.63) is 30.0 Å². The fourth-order valence-corrected chi connectivity index (χ4v) is 3.24. The molecule has 3 amide bonds. The summed E-state index contributed by atoms with van der Waals surface area (Å²) in [5, 5.41) is 12.3. The summed E-state index contributed by atoms with van der Waals surface area (Å²) in [7, 11) is 0. The van der Waals surface area contributed by atoms with Gasteiger partial charge in [-0.1, -0.05) is 0 Å². The van der Waals surface area contributed by atoms with E-state index in [1.165, 1.54) is 13.0 Å². The van der Waals surface area contributed by atoms with E-state index in [1.54, 1.807) is 28.0 Å². The lowest BCUT2D eigenvalue weighted by atomic mass is 10.1. The summed E-state index contributed by atoms with van der Waals surface area (Å²) in [6, 6.07) is 5.36. The first-order valence-corrected chi connectivity index (χ1v) is 9.20. The van der Waals surface area contributed by atoms with Crippen LogP contribution in [-0.2, 0) is 14.4 Å².